The summed E-state index contributed by atoms with van der Waals surface area (Å²) >= 11 is 0. The van der Waals surface area contributed by atoms with E-state index in [2.05, 4.69) is 35.3 Å². The Bertz CT molecular complexity index is 421. The molecule has 3 rings (SSSR count). The predicted octanol–water partition coefficient (Wildman–Crippen LogP) is 3.06. The maximum atomic E-state index is 3.76. The zero-order valence-corrected chi connectivity index (χ0v) is 12.1. The van der Waals surface area contributed by atoms with E-state index in [4.69, 9.17) is 0 Å². The molecule has 1 N–H and O–H groups in total. The fourth-order valence-electron chi connectivity index (χ4n) is 3.52. The molecule has 2 heteroatoms. The van der Waals surface area contributed by atoms with Crippen molar-refractivity contribution in [3.8, 4) is 0 Å². The van der Waals surface area contributed by atoms with E-state index in [1.54, 1.807) is 11.1 Å². The number of hydrogen-bond acceptors (Lipinski definition) is 2. The molecule has 1 atom stereocenters. The predicted molar refractivity (Wildman–Crippen MR) is 80.5 cm³/mol. The molecule has 1 heterocycles. The van der Waals surface area contributed by atoms with Crippen molar-refractivity contribution in [2.75, 3.05) is 26.2 Å². The van der Waals surface area contributed by atoms with Gasteiger partial charge >= 0.3 is 0 Å². The Hall–Kier alpha value is -0.860. The highest BCUT2D eigenvalue weighted by Crippen LogP contribution is 2.31. The minimum atomic E-state index is 0.605. The Morgan fingerprint density at radius 2 is 2.11 bits per heavy atom. The van der Waals surface area contributed by atoms with Gasteiger partial charge in [0.1, 0.15) is 0 Å². The zero-order chi connectivity index (χ0) is 13.1. The molecular weight excluding hydrogens is 232 g/mol. The number of hydrogen-bond donors (Lipinski definition) is 1. The minimum absolute atomic E-state index is 0.605. The first-order valence-corrected chi connectivity index (χ1v) is 7.88. The van der Waals surface area contributed by atoms with E-state index in [0.29, 0.717) is 6.04 Å². The number of benzene rings is 1. The summed E-state index contributed by atoms with van der Waals surface area (Å²) in [7, 11) is 0. The lowest BCUT2D eigenvalue weighted by Gasteiger charge is -2.17. The molecule has 104 valence electrons. The lowest BCUT2D eigenvalue weighted by molar-refractivity contribution is 0.327. The molecule has 0 aromatic heterocycles. The van der Waals surface area contributed by atoms with Gasteiger partial charge in [-0.1, -0.05) is 23.8 Å². The second-order valence-electron chi connectivity index (χ2n) is 6.15. The molecule has 1 saturated heterocycles. The van der Waals surface area contributed by atoms with Gasteiger partial charge in [0.05, 0.1) is 0 Å². The van der Waals surface area contributed by atoms with Crippen LogP contribution < -0.4 is 5.32 Å². The van der Waals surface area contributed by atoms with E-state index in [1.165, 1.54) is 57.3 Å². The molecule has 1 fully saturated rings. The molecule has 1 aliphatic carbocycles. The standard InChI is InChI=1S/C17H26N2/c1-14-5-6-15-7-8-17(16(15)13-14)18-9-4-12-19-10-2-3-11-19/h5-6,13,17-18H,2-4,7-12H2,1H3. The van der Waals surface area contributed by atoms with Crippen LogP contribution in [0.15, 0.2) is 18.2 Å². The van der Waals surface area contributed by atoms with Crippen molar-refractivity contribution in [1.82, 2.24) is 10.2 Å². The Morgan fingerprint density at radius 3 is 2.95 bits per heavy atom. The monoisotopic (exact) mass is 258 g/mol. The van der Waals surface area contributed by atoms with Crippen molar-refractivity contribution >= 4 is 0 Å². The third-order valence-electron chi connectivity index (χ3n) is 4.62. The van der Waals surface area contributed by atoms with Crippen LogP contribution in [0.2, 0.25) is 0 Å². The topological polar surface area (TPSA) is 15.3 Å². The van der Waals surface area contributed by atoms with Gasteiger partial charge in [-0.3, -0.25) is 0 Å². The lowest BCUT2D eigenvalue weighted by atomic mass is 10.1. The highest BCUT2D eigenvalue weighted by Gasteiger charge is 2.21. The molecule has 2 nitrogen and oxygen atoms in total. The van der Waals surface area contributed by atoms with Crippen molar-refractivity contribution in [1.29, 1.82) is 0 Å². The van der Waals surface area contributed by atoms with Crippen LogP contribution in [-0.4, -0.2) is 31.1 Å². The van der Waals surface area contributed by atoms with Gasteiger partial charge in [-0.15, -0.1) is 0 Å². The van der Waals surface area contributed by atoms with Crippen molar-refractivity contribution in [2.45, 2.75) is 45.1 Å². The SMILES string of the molecule is Cc1ccc2c(c1)C(NCCCN1CCCC1)CC2. The molecule has 1 aromatic carbocycles. The molecule has 0 amide bonds. The molecule has 1 aromatic rings. The highest BCUT2D eigenvalue weighted by atomic mass is 15.1. The Kier molecular flexibility index (Phi) is 4.19. The van der Waals surface area contributed by atoms with Crippen LogP contribution in [0.1, 0.15) is 48.4 Å². The summed E-state index contributed by atoms with van der Waals surface area (Å²) in [5.41, 5.74) is 4.51. The summed E-state index contributed by atoms with van der Waals surface area (Å²) < 4.78 is 0. The van der Waals surface area contributed by atoms with Gasteiger partial charge in [0, 0.05) is 6.04 Å². The first-order valence-electron chi connectivity index (χ1n) is 7.88. The maximum absolute atomic E-state index is 3.76. The molecule has 19 heavy (non-hydrogen) atoms. The molecule has 1 aliphatic heterocycles. The van der Waals surface area contributed by atoms with Crippen molar-refractivity contribution in [3.05, 3.63) is 34.9 Å². The molecular formula is C17H26N2. The highest BCUT2D eigenvalue weighted by molar-refractivity contribution is 5.37. The number of nitrogens with zero attached hydrogens (tertiary/aromatic N) is 1. The number of likely N-dealkylation sites (tertiary alicyclic amines) is 1. The second-order valence-corrected chi connectivity index (χ2v) is 6.15. The fraction of sp³-hybridized carbons (Fsp3) is 0.647. The fourth-order valence-corrected chi connectivity index (χ4v) is 3.52. The largest absolute Gasteiger partial charge is 0.310 e. The smallest absolute Gasteiger partial charge is 0.0326 e. The summed E-state index contributed by atoms with van der Waals surface area (Å²) in [4.78, 5) is 2.61. The first-order chi connectivity index (χ1) is 9.33. The third kappa shape index (κ3) is 3.18. The van der Waals surface area contributed by atoms with Crippen LogP contribution in [0.4, 0.5) is 0 Å². The first kappa shape index (κ1) is 13.1. The summed E-state index contributed by atoms with van der Waals surface area (Å²) in [6.45, 7) is 7.29. The van der Waals surface area contributed by atoms with Crippen LogP contribution in [0.3, 0.4) is 0 Å². The van der Waals surface area contributed by atoms with Gasteiger partial charge in [0.15, 0.2) is 0 Å². The van der Waals surface area contributed by atoms with Crippen LogP contribution in [0.5, 0.6) is 0 Å². The molecule has 0 bridgehead atoms. The van der Waals surface area contributed by atoms with Gasteiger partial charge in [-0.25, -0.2) is 0 Å². The summed E-state index contributed by atoms with van der Waals surface area (Å²) in [6, 6.07) is 7.54. The van der Waals surface area contributed by atoms with Crippen LogP contribution in [-0.2, 0) is 6.42 Å². The van der Waals surface area contributed by atoms with Crippen molar-refractivity contribution in [3.63, 3.8) is 0 Å². The lowest BCUT2D eigenvalue weighted by Crippen LogP contribution is -2.26. The maximum Gasteiger partial charge on any atom is 0.0326 e. The quantitative estimate of drug-likeness (QED) is 0.817. The summed E-state index contributed by atoms with van der Waals surface area (Å²) in [6.07, 6.45) is 6.63. The van der Waals surface area contributed by atoms with Gasteiger partial charge in [-0.2, -0.15) is 0 Å². The van der Waals surface area contributed by atoms with Crippen molar-refractivity contribution in [2.24, 2.45) is 0 Å². The molecule has 0 saturated carbocycles. The third-order valence-corrected chi connectivity index (χ3v) is 4.62. The van der Waals surface area contributed by atoms with E-state index in [1.807, 2.05) is 0 Å². The van der Waals surface area contributed by atoms with Crippen molar-refractivity contribution < 1.29 is 0 Å². The van der Waals surface area contributed by atoms with Gasteiger partial charge in [0.25, 0.3) is 0 Å². The van der Waals surface area contributed by atoms with Gasteiger partial charge in [0.2, 0.25) is 0 Å². The molecule has 0 radical (unpaired) electrons. The van der Waals surface area contributed by atoms with Gasteiger partial charge in [-0.05, 0) is 76.3 Å². The van der Waals surface area contributed by atoms with Crippen LogP contribution in [0, 0.1) is 6.92 Å². The second kappa shape index (κ2) is 6.06. The van der Waals surface area contributed by atoms with Crippen LogP contribution >= 0.6 is 0 Å². The average Bonchev–Trinajstić information content (AvgIpc) is 3.04. The van der Waals surface area contributed by atoms with E-state index < -0.39 is 0 Å². The van der Waals surface area contributed by atoms with Crippen LogP contribution in [0.25, 0.3) is 0 Å². The summed E-state index contributed by atoms with van der Waals surface area (Å²) in [5, 5.41) is 3.76. The molecule has 2 aliphatic rings. The summed E-state index contributed by atoms with van der Waals surface area (Å²) in [5.74, 6) is 0. The number of nitrogens with one attached hydrogen (secondary N) is 1. The minimum Gasteiger partial charge on any atom is -0.310 e. The van der Waals surface area contributed by atoms with E-state index in [0.717, 1.165) is 6.54 Å². The average molecular weight is 258 g/mol. The Balaban J connectivity index is 1.45. The van der Waals surface area contributed by atoms with E-state index in [9.17, 15) is 0 Å². The van der Waals surface area contributed by atoms with E-state index >= 15 is 0 Å². The number of aryl methyl sites for hydroxylation is 2. The normalized spacial score (nSPS) is 22.9. The van der Waals surface area contributed by atoms with Gasteiger partial charge < -0.3 is 10.2 Å². The number of rotatable bonds is 5. The van der Waals surface area contributed by atoms with E-state index in [-0.39, 0.29) is 0 Å². The zero-order valence-electron chi connectivity index (χ0n) is 12.1. The Morgan fingerprint density at radius 1 is 1.26 bits per heavy atom. The number of fused-ring (bicyclic) bond motifs is 1. The Labute approximate surface area is 117 Å². The molecule has 1 unspecified atom stereocenters. The molecule has 0 spiro atoms.